The Morgan fingerprint density at radius 1 is 1.23 bits per heavy atom. The van der Waals surface area contributed by atoms with Crippen molar-refractivity contribution in [2.45, 2.75) is 58.7 Å². The standard InChI is InChI=1S/C22H28BN3O5/c1-7-28-20(27)17-12(2)29-19(26)15(11-24)18(17)14-10-13(8-9-16(14)25)23-30-21(3,4)22(5,6)31-23/h8-10,18H,7,25-26H2,1-6H3. The maximum absolute atomic E-state index is 12.8. The summed E-state index contributed by atoms with van der Waals surface area (Å²) in [5, 5.41) is 9.79. The van der Waals surface area contributed by atoms with Crippen LogP contribution in [0.25, 0.3) is 0 Å². The predicted octanol–water partition coefficient (Wildman–Crippen LogP) is 2.21. The van der Waals surface area contributed by atoms with Gasteiger partial charge in [-0.15, -0.1) is 0 Å². The molecule has 9 heteroatoms. The second kappa shape index (κ2) is 7.95. The highest BCUT2D eigenvalue weighted by Crippen LogP contribution is 2.42. The molecule has 1 aromatic rings. The van der Waals surface area contributed by atoms with E-state index in [-0.39, 0.29) is 29.4 Å². The molecular weight excluding hydrogens is 397 g/mol. The highest BCUT2D eigenvalue weighted by molar-refractivity contribution is 6.62. The summed E-state index contributed by atoms with van der Waals surface area (Å²) in [6.07, 6.45) is 0. The molecule has 1 atom stereocenters. The lowest BCUT2D eigenvalue weighted by Crippen LogP contribution is -2.41. The molecule has 8 nitrogen and oxygen atoms in total. The summed E-state index contributed by atoms with van der Waals surface area (Å²) in [6.45, 7) is 11.3. The SMILES string of the molecule is CCOC(=O)C1=C(C)OC(N)=C(C#N)C1c1cc(B2OC(C)(C)C(C)(C)O2)ccc1N. The first-order valence-corrected chi connectivity index (χ1v) is 10.1. The van der Waals surface area contributed by atoms with E-state index in [0.717, 1.165) is 0 Å². The topological polar surface area (TPSA) is 130 Å². The average Bonchev–Trinajstić information content (AvgIpc) is 2.89. The second-order valence-electron chi connectivity index (χ2n) is 8.59. The minimum atomic E-state index is -0.833. The van der Waals surface area contributed by atoms with Gasteiger partial charge in [-0.1, -0.05) is 12.1 Å². The molecule has 3 rings (SSSR count). The number of ether oxygens (including phenoxy) is 2. The van der Waals surface area contributed by atoms with Crippen molar-refractivity contribution in [3.63, 3.8) is 0 Å². The van der Waals surface area contributed by atoms with E-state index in [2.05, 4.69) is 6.07 Å². The van der Waals surface area contributed by atoms with Crippen LogP contribution in [-0.4, -0.2) is 30.9 Å². The van der Waals surface area contributed by atoms with Crippen molar-refractivity contribution in [1.82, 2.24) is 0 Å². The lowest BCUT2D eigenvalue weighted by Gasteiger charge is -2.32. The molecule has 0 radical (unpaired) electrons. The van der Waals surface area contributed by atoms with Crippen LogP contribution in [-0.2, 0) is 23.6 Å². The maximum Gasteiger partial charge on any atom is 0.494 e. The van der Waals surface area contributed by atoms with Gasteiger partial charge in [-0.05, 0) is 58.6 Å². The third kappa shape index (κ3) is 3.89. The first kappa shape index (κ1) is 22.7. The second-order valence-corrected chi connectivity index (χ2v) is 8.59. The van der Waals surface area contributed by atoms with Gasteiger partial charge in [0.2, 0.25) is 5.88 Å². The molecule has 2 heterocycles. The summed E-state index contributed by atoms with van der Waals surface area (Å²) >= 11 is 0. The van der Waals surface area contributed by atoms with Gasteiger partial charge < -0.3 is 30.2 Å². The van der Waals surface area contributed by atoms with Crippen molar-refractivity contribution in [3.8, 4) is 6.07 Å². The van der Waals surface area contributed by atoms with Gasteiger partial charge in [-0.25, -0.2) is 4.79 Å². The molecule has 4 N–H and O–H groups in total. The first-order chi connectivity index (χ1) is 14.4. The Labute approximate surface area is 182 Å². The summed E-state index contributed by atoms with van der Waals surface area (Å²) in [4.78, 5) is 12.8. The van der Waals surface area contributed by atoms with E-state index >= 15 is 0 Å². The number of benzene rings is 1. The molecule has 1 unspecified atom stereocenters. The summed E-state index contributed by atoms with van der Waals surface area (Å²) in [5.41, 5.74) is 13.1. The van der Waals surface area contributed by atoms with Gasteiger partial charge in [0.25, 0.3) is 0 Å². The Morgan fingerprint density at radius 2 is 1.84 bits per heavy atom. The number of allylic oxidation sites excluding steroid dienone is 2. The zero-order chi connectivity index (χ0) is 23.1. The summed E-state index contributed by atoms with van der Waals surface area (Å²) < 4.78 is 23.0. The monoisotopic (exact) mass is 425 g/mol. The summed E-state index contributed by atoms with van der Waals surface area (Å²) in [5.74, 6) is -1.23. The third-order valence-electron chi connectivity index (χ3n) is 6.05. The molecule has 31 heavy (non-hydrogen) atoms. The lowest BCUT2D eigenvalue weighted by atomic mass is 9.74. The molecule has 164 valence electrons. The fourth-order valence-electron chi connectivity index (χ4n) is 3.63. The zero-order valence-corrected chi connectivity index (χ0v) is 18.7. The third-order valence-corrected chi connectivity index (χ3v) is 6.05. The molecule has 0 spiro atoms. The van der Waals surface area contributed by atoms with Gasteiger partial charge in [0.15, 0.2) is 0 Å². The van der Waals surface area contributed by atoms with Crippen LogP contribution < -0.4 is 16.9 Å². The van der Waals surface area contributed by atoms with Gasteiger partial charge in [-0.2, -0.15) is 5.26 Å². The van der Waals surface area contributed by atoms with Crippen LogP contribution in [0.2, 0.25) is 0 Å². The molecule has 0 aliphatic carbocycles. The number of esters is 1. The Kier molecular flexibility index (Phi) is 5.83. The minimum absolute atomic E-state index is 0.0708. The zero-order valence-electron chi connectivity index (χ0n) is 18.7. The van der Waals surface area contributed by atoms with Crippen molar-refractivity contribution in [3.05, 3.63) is 46.6 Å². The molecule has 0 aromatic heterocycles. The normalized spacial score (nSPS) is 22.2. The molecule has 0 amide bonds. The van der Waals surface area contributed by atoms with E-state index in [4.69, 9.17) is 30.2 Å². The van der Waals surface area contributed by atoms with E-state index in [1.807, 2.05) is 27.7 Å². The summed E-state index contributed by atoms with van der Waals surface area (Å²) in [7, 11) is -0.632. The van der Waals surface area contributed by atoms with Crippen LogP contribution in [0.5, 0.6) is 0 Å². The molecule has 1 aromatic carbocycles. The Hall–Kier alpha value is -2.96. The number of rotatable bonds is 4. The number of carbonyl (C=O) groups excluding carboxylic acids is 1. The maximum atomic E-state index is 12.8. The molecule has 0 saturated carbocycles. The number of carbonyl (C=O) groups is 1. The van der Waals surface area contributed by atoms with E-state index in [1.165, 1.54) is 0 Å². The number of hydrogen-bond donors (Lipinski definition) is 2. The number of nitrogens with two attached hydrogens (primary N) is 2. The molecular formula is C22H28BN3O5. The number of nitrogen functional groups attached to an aromatic ring is 1. The van der Waals surface area contributed by atoms with E-state index in [1.54, 1.807) is 32.0 Å². The van der Waals surface area contributed by atoms with Gasteiger partial charge >= 0.3 is 13.1 Å². The van der Waals surface area contributed by atoms with Crippen LogP contribution >= 0.6 is 0 Å². The fourth-order valence-corrected chi connectivity index (χ4v) is 3.63. The fraction of sp³-hybridized carbons (Fsp3) is 0.455. The number of anilines is 1. The molecule has 1 fully saturated rings. The van der Waals surface area contributed by atoms with Crippen LogP contribution in [0, 0.1) is 11.3 Å². The van der Waals surface area contributed by atoms with Gasteiger partial charge in [0, 0.05) is 5.69 Å². The Balaban J connectivity index is 2.13. The van der Waals surface area contributed by atoms with Crippen molar-refractivity contribution < 1.29 is 23.6 Å². The minimum Gasteiger partial charge on any atom is -0.463 e. The summed E-state index contributed by atoms with van der Waals surface area (Å²) in [6, 6.07) is 7.35. The molecule has 2 aliphatic rings. The predicted molar refractivity (Wildman–Crippen MR) is 117 cm³/mol. The Morgan fingerprint density at radius 3 is 2.39 bits per heavy atom. The van der Waals surface area contributed by atoms with E-state index in [9.17, 15) is 10.1 Å². The number of hydrogen-bond acceptors (Lipinski definition) is 8. The Bertz CT molecular complexity index is 1010. The molecule has 2 aliphatic heterocycles. The van der Waals surface area contributed by atoms with Gasteiger partial charge in [0.1, 0.15) is 17.4 Å². The van der Waals surface area contributed by atoms with Gasteiger partial charge in [-0.3, -0.25) is 0 Å². The molecule has 1 saturated heterocycles. The van der Waals surface area contributed by atoms with Crippen LogP contribution in [0.3, 0.4) is 0 Å². The van der Waals surface area contributed by atoms with E-state index < -0.39 is 30.2 Å². The van der Waals surface area contributed by atoms with Crippen LogP contribution in [0.1, 0.15) is 53.0 Å². The van der Waals surface area contributed by atoms with Crippen molar-refractivity contribution in [2.24, 2.45) is 5.73 Å². The highest BCUT2D eigenvalue weighted by Gasteiger charge is 2.52. The smallest absolute Gasteiger partial charge is 0.463 e. The average molecular weight is 425 g/mol. The number of nitriles is 1. The van der Waals surface area contributed by atoms with Gasteiger partial charge in [0.05, 0.1) is 29.3 Å². The van der Waals surface area contributed by atoms with Crippen molar-refractivity contribution in [1.29, 1.82) is 5.26 Å². The van der Waals surface area contributed by atoms with E-state index in [0.29, 0.717) is 16.7 Å². The largest absolute Gasteiger partial charge is 0.494 e. The van der Waals surface area contributed by atoms with Crippen LogP contribution in [0.4, 0.5) is 5.69 Å². The quantitative estimate of drug-likeness (QED) is 0.427. The first-order valence-electron chi connectivity index (χ1n) is 10.1. The molecule has 0 bridgehead atoms. The number of nitrogens with zero attached hydrogens (tertiary/aromatic N) is 1. The highest BCUT2D eigenvalue weighted by atomic mass is 16.7. The van der Waals surface area contributed by atoms with Crippen molar-refractivity contribution in [2.75, 3.05) is 12.3 Å². The van der Waals surface area contributed by atoms with Crippen LogP contribution in [0.15, 0.2) is 41.0 Å². The lowest BCUT2D eigenvalue weighted by molar-refractivity contribution is -0.139. The van der Waals surface area contributed by atoms with Crippen molar-refractivity contribution >= 4 is 24.2 Å².